The van der Waals surface area contributed by atoms with Crippen LogP contribution in [0.1, 0.15) is 61.4 Å². The molecule has 1 saturated carbocycles. The highest BCUT2D eigenvalue weighted by Crippen LogP contribution is 2.33. The first-order valence-electron chi connectivity index (χ1n) is 10.8. The van der Waals surface area contributed by atoms with Crippen LogP contribution in [-0.2, 0) is 11.3 Å². The number of hydrogen-bond acceptors (Lipinski definition) is 3. The van der Waals surface area contributed by atoms with Crippen molar-refractivity contribution in [1.82, 2.24) is 4.90 Å². The van der Waals surface area contributed by atoms with Crippen LogP contribution in [0.5, 0.6) is 5.75 Å². The van der Waals surface area contributed by atoms with Crippen LogP contribution in [0, 0.1) is 11.6 Å². The van der Waals surface area contributed by atoms with Crippen LogP contribution < -0.4 is 10.1 Å². The van der Waals surface area contributed by atoms with Gasteiger partial charge in [-0.3, -0.25) is 9.59 Å². The number of carbonyl (C=O) groups excluding carboxylic acids is 2. The highest BCUT2D eigenvalue weighted by Gasteiger charge is 2.34. The third-order valence-corrected chi connectivity index (χ3v) is 6.06. The van der Waals surface area contributed by atoms with Gasteiger partial charge in [-0.2, -0.15) is 0 Å². The van der Waals surface area contributed by atoms with Gasteiger partial charge in [-0.25, -0.2) is 8.78 Å². The molecule has 31 heavy (non-hydrogen) atoms. The molecular formula is C24H26F2N2O3. The van der Waals surface area contributed by atoms with E-state index in [9.17, 15) is 18.4 Å². The molecule has 1 fully saturated rings. The van der Waals surface area contributed by atoms with Gasteiger partial charge in [0.15, 0.2) is 6.10 Å². The van der Waals surface area contributed by atoms with Crippen molar-refractivity contribution in [2.45, 2.75) is 64.1 Å². The number of hydrogen-bond donors (Lipinski definition) is 1. The number of benzene rings is 2. The van der Waals surface area contributed by atoms with E-state index in [1.807, 2.05) is 11.8 Å². The molecule has 1 heterocycles. The second-order valence-electron chi connectivity index (χ2n) is 8.15. The molecule has 5 nitrogen and oxygen atoms in total. The predicted octanol–water partition coefficient (Wildman–Crippen LogP) is 5.05. The Bertz CT molecular complexity index is 969. The molecule has 2 aromatic carbocycles. The predicted molar refractivity (Wildman–Crippen MR) is 113 cm³/mol. The Kier molecular flexibility index (Phi) is 6.20. The van der Waals surface area contributed by atoms with Crippen molar-refractivity contribution in [2.24, 2.45) is 0 Å². The lowest BCUT2D eigenvalue weighted by molar-refractivity contribution is -0.141. The Hall–Kier alpha value is -2.96. The van der Waals surface area contributed by atoms with E-state index in [0.29, 0.717) is 24.4 Å². The number of anilines is 1. The van der Waals surface area contributed by atoms with E-state index in [4.69, 9.17) is 4.74 Å². The summed E-state index contributed by atoms with van der Waals surface area (Å²) in [4.78, 5) is 27.5. The van der Waals surface area contributed by atoms with E-state index in [1.165, 1.54) is 12.5 Å². The summed E-state index contributed by atoms with van der Waals surface area (Å²) >= 11 is 0. The number of nitrogens with one attached hydrogen (secondary N) is 1. The molecule has 1 aliphatic heterocycles. The maximum absolute atomic E-state index is 13.9. The summed E-state index contributed by atoms with van der Waals surface area (Å²) in [6.45, 7) is 2.30. The molecule has 1 unspecified atom stereocenters. The van der Waals surface area contributed by atoms with E-state index in [0.717, 1.165) is 43.4 Å². The smallest absolute Gasteiger partial charge is 0.264 e. The second-order valence-corrected chi connectivity index (χ2v) is 8.15. The highest BCUT2D eigenvalue weighted by molar-refractivity contribution is 6.04. The largest absolute Gasteiger partial charge is 0.480 e. The maximum atomic E-state index is 13.9. The van der Waals surface area contributed by atoms with Crippen LogP contribution in [0.4, 0.5) is 14.5 Å². The quantitative estimate of drug-likeness (QED) is 0.742. The Labute approximate surface area is 180 Å². The summed E-state index contributed by atoms with van der Waals surface area (Å²) in [6.07, 6.45) is 5.35. The Morgan fingerprint density at radius 1 is 1.13 bits per heavy atom. The van der Waals surface area contributed by atoms with Crippen molar-refractivity contribution in [1.29, 1.82) is 0 Å². The number of amides is 2. The van der Waals surface area contributed by atoms with Crippen molar-refractivity contribution in [3.05, 3.63) is 59.2 Å². The van der Waals surface area contributed by atoms with E-state index in [2.05, 4.69) is 5.32 Å². The normalized spacial score (nSPS) is 19.4. The van der Waals surface area contributed by atoms with E-state index >= 15 is 0 Å². The number of carbonyl (C=O) groups is 2. The van der Waals surface area contributed by atoms with Gasteiger partial charge in [0.2, 0.25) is 0 Å². The summed E-state index contributed by atoms with van der Waals surface area (Å²) in [6, 6.07) is 8.50. The van der Waals surface area contributed by atoms with Crippen LogP contribution >= 0.6 is 0 Å². The van der Waals surface area contributed by atoms with Crippen LogP contribution in [0.15, 0.2) is 36.4 Å². The van der Waals surface area contributed by atoms with Gasteiger partial charge in [0.1, 0.15) is 22.9 Å². The molecule has 0 radical (unpaired) electrons. The van der Waals surface area contributed by atoms with Crippen LogP contribution in [0.25, 0.3) is 0 Å². The third kappa shape index (κ3) is 4.40. The van der Waals surface area contributed by atoms with Gasteiger partial charge in [0.25, 0.3) is 11.8 Å². The molecule has 2 aromatic rings. The molecule has 0 saturated heterocycles. The lowest BCUT2D eigenvalue weighted by Gasteiger charge is -2.34. The molecule has 164 valence electrons. The van der Waals surface area contributed by atoms with Crippen LogP contribution in [-0.4, -0.2) is 28.9 Å². The summed E-state index contributed by atoms with van der Waals surface area (Å²) < 4.78 is 33.9. The molecule has 7 heteroatoms. The Morgan fingerprint density at radius 2 is 1.84 bits per heavy atom. The highest BCUT2D eigenvalue weighted by atomic mass is 19.1. The molecule has 1 atom stereocenters. The van der Waals surface area contributed by atoms with Gasteiger partial charge in [-0.1, -0.05) is 32.3 Å². The van der Waals surface area contributed by atoms with Gasteiger partial charge >= 0.3 is 0 Å². The summed E-state index contributed by atoms with van der Waals surface area (Å²) in [5, 5.41) is 2.56. The summed E-state index contributed by atoms with van der Waals surface area (Å²) in [5.74, 6) is -2.12. The molecule has 4 rings (SSSR count). The topological polar surface area (TPSA) is 58.6 Å². The monoisotopic (exact) mass is 428 g/mol. The standard InChI is InChI=1S/C24H26F2N2O3/c1-2-20-24(30)28(17-7-4-3-5-8-17)14-15-13-16(11-12-21(15)31-20)27-23(29)22-18(25)9-6-10-19(22)26/h6,9-13,17,20H,2-5,7-8,14H2,1H3,(H,27,29). The molecule has 2 aliphatic rings. The average Bonchev–Trinajstić information content (AvgIpc) is 2.90. The number of rotatable bonds is 4. The zero-order valence-electron chi connectivity index (χ0n) is 17.5. The summed E-state index contributed by atoms with van der Waals surface area (Å²) in [7, 11) is 0. The zero-order chi connectivity index (χ0) is 22.0. The molecular weight excluding hydrogens is 402 g/mol. The number of nitrogens with zero attached hydrogens (tertiary/aromatic N) is 1. The molecule has 1 aliphatic carbocycles. The van der Waals surface area contributed by atoms with Gasteiger partial charge in [-0.05, 0) is 49.6 Å². The van der Waals surface area contributed by atoms with Crippen molar-refractivity contribution < 1.29 is 23.1 Å². The fraction of sp³-hybridized carbons (Fsp3) is 0.417. The lowest BCUT2D eigenvalue weighted by Crippen LogP contribution is -2.45. The fourth-order valence-corrected chi connectivity index (χ4v) is 4.41. The average molecular weight is 428 g/mol. The van der Waals surface area contributed by atoms with Crippen LogP contribution in [0.2, 0.25) is 0 Å². The fourth-order valence-electron chi connectivity index (χ4n) is 4.41. The minimum absolute atomic E-state index is 0.00962. The summed E-state index contributed by atoms with van der Waals surface area (Å²) in [5.41, 5.74) is 0.529. The minimum atomic E-state index is -0.921. The maximum Gasteiger partial charge on any atom is 0.264 e. The van der Waals surface area contributed by atoms with Gasteiger partial charge in [0, 0.05) is 23.8 Å². The second kappa shape index (κ2) is 9.04. The SMILES string of the molecule is CCC1Oc2ccc(NC(=O)c3c(F)cccc3F)cc2CN(C2CCCCC2)C1=O. The van der Waals surface area contributed by atoms with E-state index < -0.39 is 29.2 Å². The molecule has 1 N–H and O–H groups in total. The first-order chi connectivity index (χ1) is 15.0. The molecule has 0 aromatic heterocycles. The lowest BCUT2D eigenvalue weighted by atomic mass is 9.93. The number of fused-ring (bicyclic) bond motifs is 1. The number of halogens is 2. The van der Waals surface area contributed by atoms with Gasteiger partial charge < -0.3 is 15.0 Å². The van der Waals surface area contributed by atoms with Gasteiger partial charge in [-0.15, -0.1) is 0 Å². The van der Waals surface area contributed by atoms with Gasteiger partial charge in [0.05, 0.1) is 0 Å². The molecule has 0 bridgehead atoms. The zero-order valence-corrected chi connectivity index (χ0v) is 17.5. The van der Waals surface area contributed by atoms with E-state index in [-0.39, 0.29) is 11.9 Å². The van der Waals surface area contributed by atoms with Crippen molar-refractivity contribution >= 4 is 17.5 Å². The Balaban J connectivity index is 1.61. The third-order valence-electron chi connectivity index (χ3n) is 6.06. The minimum Gasteiger partial charge on any atom is -0.480 e. The molecule has 2 amide bonds. The first kappa shape index (κ1) is 21.3. The van der Waals surface area contributed by atoms with Crippen molar-refractivity contribution in [3.63, 3.8) is 0 Å². The van der Waals surface area contributed by atoms with Crippen molar-refractivity contribution in [3.8, 4) is 5.75 Å². The van der Waals surface area contributed by atoms with Crippen molar-refractivity contribution in [2.75, 3.05) is 5.32 Å². The Morgan fingerprint density at radius 3 is 2.52 bits per heavy atom. The van der Waals surface area contributed by atoms with Crippen LogP contribution in [0.3, 0.4) is 0 Å². The van der Waals surface area contributed by atoms with E-state index in [1.54, 1.807) is 18.2 Å². The first-order valence-corrected chi connectivity index (χ1v) is 10.8. The number of ether oxygens (including phenoxy) is 1. The molecule has 0 spiro atoms.